The van der Waals surface area contributed by atoms with Crippen molar-refractivity contribution in [3.63, 3.8) is 0 Å². The van der Waals surface area contributed by atoms with Crippen molar-refractivity contribution in [2.24, 2.45) is 0 Å². The number of nitriles is 1. The van der Waals surface area contributed by atoms with E-state index in [4.69, 9.17) is 4.74 Å². The predicted molar refractivity (Wildman–Crippen MR) is 102 cm³/mol. The van der Waals surface area contributed by atoms with E-state index in [-0.39, 0.29) is 16.7 Å². The number of hydrogen-bond acceptors (Lipinski definition) is 5. The maximum atomic E-state index is 13.0. The summed E-state index contributed by atoms with van der Waals surface area (Å²) in [6.45, 7) is 8.50. The second-order valence-electron chi connectivity index (χ2n) is 6.70. The van der Waals surface area contributed by atoms with Crippen molar-refractivity contribution in [1.29, 1.82) is 5.26 Å². The summed E-state index contributed by atoms with van der Waals surface area (Å²) in [6.07, 6.45) is 0.00178. The monoisotopic (exact) mass is 368 g/mol. The molecule has 2 rings (SSSR count). The zero-order valence-electron chi connectivity index (χ0n) is 16.2. The number of ether oxygens (including phenoxy) is 1. The van der Waals surface area contributed by atoms with E-state index in [1.54, 1.807) is 32.9 Å². The number of hydrogen-bond donors (Lipinski definition) is 1. The number of ketones is 1. The standard InChI is InChI=1S/C21H24N2O4/c1-6-15-7-9-16(10-8-15)27-14(5)19(24)18-13(4)17(11-22)20(25)23(12(2)3)21(18)26/h7-10,12,14,26H,6H2,1-5H3. The summed E-state index contributed by atoms with van der Waals surface area (Å²) in [5, 5.41) is 19.9. The molecule has 0 aliphatic heterocycles. The molecule has 0 aliphatic carbocycles. The number of nitrogens with zero attached hydrogens (tertiary/aromatic N) is 2. The number of aryl methyl sites for hydroxylation is 1. The maximum absolute atomic E-state index is 13.0. The molecule has 142 valence electrons. The Bertz CT molecular complexity index is 950. The molecule has 1 aromatic carbocycles. The highest BCUT2D eigenvalue weighted by Gasteiger charge is 2.28. The van der Waals surface area contributed by atoms with Crippen molar-refractivity contribution in [3.05, 3.63) is 56.9 Å². The van der Waals surface area contributed by atoms with Gasteiger partial charge in [0.1, 0.15) is 17.4 Å². The Hall–Kier alpha value is -3.07. The van der Waals surface area contributed by atoms with Crippen LogP contribution in [0, 0.1) is 18.3 Å². The van der Waals surface area contributed by atoms with E-state index in [0.29, 0.717) is 5.75 Å². The van der Waals surface area contributed by atoms with E-state index in [9.17, 15) is 20.0 Å². The van der Waals surface area contributed by atoms with Crippen molar-refractivity contribution in [2.75, 3.05) is 0 Å². The molecule has 6 nitrogen and oxygen atoms in total. The van der Waals surface area contributed by atoms with E-state index in [0.717, 1.165) is 16.6 Å². The van der Waals surface area contributed by atoms with Crippen LogP contribution in [0.1, 0.15) is 60.8 Å². The van der Waals surface area contributed by atoms with Crippen molar-refractivity contribution >= 4 is 5.78 Å². The molecule has 0 spiro atoms. The van der Waals surface area contributed by atoms with Crippen LogP contribution in [0.3, 0.4) is 0 Å². The van der Waals surface area contributed by atoms with Gasteiger partial charge in [0.15, 0.2) is 6.10 Å². The Morgan fingerprint density at radius 3 is 2.33 bits per heavy atom. The molecule has 0 saturated carbocycles. The second-order valence-corrected chi connectivity index (χ2v) is 6.70. The SMILES string of the molecule is CCc1ccc(OC(C)C(=O)c2c(C)c(C#N)c(=O)n(C(C)C)c2O)cc1. The summed E-state index contributed by atoms with van der Waals surface area (Å²) in [7, 11) is 0. The van der Waals surface area contributed by atoms with Gasteiger partial charge in [-0.15, -0.1) is 0 Å². The van der Waals surface area contributed by atoms with Crippen LogP contribution in [0.5, 0.6) is 11.6 Å². The van der Waals surface area contributed by atoms with E-state index in [2.05, 4.69) is 0 Å². The second kappa shape index (κ2) is 8.09. The van der Waals surface area contributed by atoms with Gasteiger partial charge in [0.05, 0.1) is 5.56 Å². The van der Waals surface area contributed by atoms with Gasteiger partial charge in [0, 0.05) is 6.04 Å². The van der Waals surface area contributed by atoms with Crippen molar-refractivity contribution in [1.82, 2.24) is 4.57 Å². The summed E-state index contributed by atoms with van der Waals surface area (Å²) < 4.78 is 6.77. The lowest BCUT2D eigenvalue weighted by molar-refractivity contribution is 0.0812. The fourth-order valence-corrected chi connectivity index (χ4v) is 2.96. The molecule has 1 N–H and O–H groups in total. The Labute approximate surface area is 158 Å². The van der Waals surface area contributed by atoms with E-state index >= 15 is 0 Å². The lowest BCUT2D eigenvalue weighted by Crippen LogP contribution is -2.31. The van der Waals surface area contributed by atoms with Gasteiger partial charge in [-0.1, -0.05) is 19.1 Å². The Morgan fingerprint density at radius 2 is 1.85 bits per heavy atom. The molecule has 0 bridgehead atoms. The lowest BCUT2D eigenvalue weighted by Gasteiger charge is -2.20. The molecule has 0 aliphatic rings. The van der Waals surface area contributed by atoms with Crippen LogP contribution in [-0.2, 0) is 6.42 Å². The van der Waals surface area contributed by atoms with Crippen molar-refractivity contribution in [3.8, 4) is 17.7 Å². The quantitative estimate of drug-likeness (QED) is 0.788. The van der Waals surface area contributed by atoms with Gasteiger partial charge < -0.3 is 9.84 Å². The number of rotatable bonds is 6. The van der Waals surface area contributed by atoms with Gasteiger partial charge in [0.25, 0.3) is 5.56 Å². The first-order chi connectivity index (χ1) is 12.7. The molecule has 27 heavy (non-hydrogen) atoms. The Morgan fingerprint density at radius 1 is 1.26 bits per heavy atom. The molecule has 0 radical (unpaired) electrons. The van der Waals surface area contributed by atoms with Gasteiger partial charge in [-0.05, 0) is 57.4 Å². The summed E-state index contributed by atoms with van der Waals surface area (Å²) >= 11 is 0. The summed E-state index contributed by atoms with van der Waals surface area (Å²) in [5.41, 5.74) is 0.501. The highest BCUT2D eigenvalue weighted by Crippen LogP contribution is 2.27. The zero-order valence-corrected chi connectivity index (χ0v) is 16.2. The fraction of sp³-hybridized carbons (Fsp3) is 0.381. The minimum absolute atomic E-state index is 0.0578. The molecule has 0 amide bonds. The van der Waals surface area contributed by atoms with E-state index in [1.165, 1.54) is 6.92 Å². The number of aromatic nitrogens is 1. The van der Waals surface area contributed by atoms with Crippen molar-refractivity contribution < 1.29 is 14.6 Å². The Balaban J connectivity index is 2.46. The molecular formula is C21H24N2O4. The average molecular weight is 368 g/mol. The van der Waals surface area contributed by atoms with Gasteiger partial charge >= 0.3 is 0 Å². The van der Waals surface area contributed by atoms with Crippen LogP contribution in [0.2, 0.25) is 0 Å². The number of Topliss-reactive ketones (excluding diaryl/α,β-unsaturated/α-hetero) is 1. The molecule has 1 unspecified atom stereocenters. The minimum Gasteiger partial charge on any atom is -0.494 e. The van der Waals surface area contributed by atoms with Gasteiger partial charge in [0.2, 0.25) is 11.7 Å². The first-order valence-electron chi connectivity index (χ1n) is 8.90. The van der Waals surface area contributed by atoms with Crippen LogP contribution in [0.4, 0.5) is 0 Å². The molecule has 0 saturated heterocycles. The molecule has 1 heterocycles. The highest BCUT2D eigenvalue weighted by molar-refractivity contribution is 6.03. The highest BCUT2D eigenvalue weighted by atomic mass is 16.5. The summed E-state index contributed by atoms with van der Waals surface area (Å²) in [4.78, 5) is 25.4. The largest absolute Gasteiger partial charge is 0.494 e. The number of benzene rings is 1. The normalized spacial score (nSPS) is 11.9. The number of carbonyl (C=O) groups is 1. The van der Waals surface area contributed by atoms with E-state index < -0.39 is 29.4 Å². The van der Waals surface area contributed by atoms with Gasteiger partial charge in [-0.3, -0.25) is 14.2 Å². The molecule has 0 fully saturated rings. The zero-order chi connectivity index (χ0) is 20.3. The number of aromatic hydroxyl groups is 1. The van der Waals surface area contributed by atoms with Crippen molar-refractivity contribution in [2.45, 2.75) is 53.2 Å². The third-order valence-electron chi connectivity index (χ3n) is 4.52. The van der Waals surface area contributed by atoms with Crippen LogP contribution in [0.15, 0.2) is 29.1 Å². The molecule has 6 heteroatoms. The van der Waals surface area contributed by atoms with Gasteiger partial charge in [-0.2, -0.15) is 5.26 Å². The summed E-state index contributed by atoms with van der Waals surface area (Å²) in [6, 6.07) is 8.84. The number of pyridine rings is 1. The predicted octanol–water partition coefficient (Wildman–Crippen LogP) is 3.53. The Kier molecular flexibility index (Phi) is 6.06. The van der Waals surface area contributed by atoms with Gasteiger partial charge in [-0.25, -0.2) is 0 Å². The average Bonchev–Trinajstić information content (AvgIpc) is 2.62. The third kappa shape index (κ3) is 3.87. The molecule has 1 atom stereocenters. The van der Waals surface area contributed by atoms with Crippen LogP contribution in [0.25, 0.3) is 0 Å². The van der Waals surface area contributed by atoms with Crippen LogP contribution in [-0.4, -0.2) is 21.6 Å². The van der Waals surface area contributed by atoms with Crippen LogP contribution >= 0.6 is 0 Å². The first kappa shape index (κ1) is 20.2. The third-order valence-corrected chi connectivity index (χ3v) is 4.52. The smallest absolute Gasteiger partial charge is 0.271 e. The fourth-order valence-electron chi connectivity index (χ4n) is 2.96. The molecule has 1 aromatic heterocycles. The first-order valence-corrected chi connectivity index (χ1v) is 8.90. The van der Waals surface area contributed by atoms with Crippen LogP contribution < -0.4 is 10.3 Å². The molecule has 2 aromatic rings. The minimum atomic E-state index is -0.897. The number of carbonyl (C=O) groups excluding carboxylic acids is 1. The van der Waals surface area contributed by atoms with E-state index in [1.807, 2.05) is 25.1 Å². The lowest BCUT2D eigenvalue weighted by atomic mass is 9.98. The summed E-state index contributed by atoms with van der Waals surface area (Å²) in [5.74, 6) is -0.397. The maximum Gasteiger partial charge on any atom is 0.271 e. The topological polar surface area (TPSA) is 92.3 Å². The molecular weight excluding hydrogens is 344 g/mol.